The van der Waals surface area contributed by atoms with Gasteiger partial charge in [0.15, 0.2) is 0 Å². The van der Waals surface area contributed by atoms with Gasteiger partial charge in [0.05, 0.1) is 17.4 Å². The van der Waals surface area contributed by atoms with Crippen molar-refractivity contribution in [2.45, 2.75) is 19.3 Å². The van der Waals surface area contributed by atoms with Crippen molar-refractivity contribution >= 4 is 5.69 Å². The van der Waals surface area contributed by atoms with Crippen LogP contribution in [0, 0.1) is 11.3 Å². The van der Waals surface area contributed by atoms with Gasteiger partial charge in [-0.2, -0.15) is 5.26 Å². The van der Waals surface area contributed by atoms with Crippen LogP contribution in [0.3, 0.4) is 0 Å². The summed E-state index contributed by atoms with van der Waals surface area (Å²) in [6, 6.07) is 3.90. The molecular weight excluding hydrogens is 188 g/mol. The zero-order valence-corrected chi connectivity index (χ0v) is 8.61. The number of nitriles is 1. The van der Waals surface area contributed by atoms with Gasteiger partial charge >= 0.3 is 0 Å². The SMILES string of the molecule is N#Cc1cncc(NN2CCCCC2)c1. The van der Waals surface area contributed by atoms with Crippen molar-refractivity contribution in [3.8, 4) is 6.07 Å². The second-order valence-corrected chi connectivity index (χ2v) is 3.73. The monoisotopic (exact) mass is 202 g/mol. The normalized spacial score (nSPS) is 17.0. The maximum atomic E-state index is 8.74. The third kappa shape index (κ3) is 2.67. The topological polar surface area (TPSA) is 52.0 Å². The summed E-state index contributed by atoms with van der Waals surface area (Å²) < 4.78 is 0. The van der Waals surface area contributed by atoms with E-state index in [-0.39, 0.29) is 0 Å². The third-order valence-electron chi connectivity index (χ3n) is 2.51. The first kappa shape index (κ1) is 9.94. The summed E-state index contributed by atoms with van der Waals surface area (Å²) in [4.78, 5) is 4.01. The van der Waals surface area contributed by atoms with Crippen LogP contribution < -0.4 is 5.43 Å². The Labute approximate surface area is 89.5 Å². The minimum Gasteiger partial charge on any atom is -0.317 e. The van der Waals surface area contributed by atoms with E-state index in [0.29, 0.717) is 5.56 Å². The van der Waals surface area contributed by atoms with Crippen LogP contribution in [0.2, 0.25) is 0 Å². The fourth-order valence-electron chi connectivity index (χ4n) is 1.75. The van der Waals surface area contributed by atoms with Gasteiger partial charge in [-0.1, -0.05) is 6.42 Å². The number of hydrogen-bond donors (Lipinski definition) is 1. The third-order valence-corrected chi connectivity index (χ3v) is 2.51. The second kappa shape index (κ2) is 4.76. The predicted molar refractivity (Wildman–Crippen MR) is 58.0 cm³/mol. The van der Waals surface area contributed by atoms with Gasteiger partial charge in [0, 0.05) is 19.3 Å². The molecule has 2 heterocycles. The van der Waals surface area contributed by atoms with E-state index < -0.39 is 0 Å². The van der Waals surface area contributed by atoms with Gasteiger partial charge in [-0.3, -0.25) is 4.98 Å². The minimum atomic E-state index is 0.594. The summed E-state index contributed by atoms with van der Waals surface area (Å²) in [5.41, 5.74) is 4.77. The zero-order chi connectivity index (χ0) is 10.5. The molecule has 4 heteroatoms. The highest BCUT2D eigenvalue weighted by Gasteiger charge is 2.09. The van der Waals surface area contributed by atoms with Crippen LogP contribution in [-0.4, -0.2) is 23.1 Å². The lowest BCUT2D eigenvalue weighted by Crippen LogP contribution is -2.34. The van der Waals surface area contributed by atoms with E-state index in [1.54, 1.807) is 12.4 Å². The van der Waals surface area contributed by atoms with Crippen molar-refractivity contribution < 1.29 is 0 Å². The van der Waals surface area contributed by atoms with Crippen molar-refractivity contribution in [3.63, 3.8) is 0 Å². The van der Waals surface area contributed by atoms with Crippen LogP contribution in [0.1, 0.15) is 24.8 Å². The highest BCUT2D eigenvalue weighted by Crippen LogP contribution is 2.13. The molecule has 1 fully saturated rings. The van der Waals surface area contributed by atoms with E-state index in [9.17, 15) is 0 Å². The summed E-state index contributed by atoms with van der Waals surface area (Å²) in [5.74, 6) is 0. The molecule has 0 aliphatic carbocycles. The molecular formula is C11H14N4. The summed E-state index contributed by atoms with van der Waals surface area (Å²) in [5, 5.41) is 10.9. The molecule has 1 N–H and O–H groups in total. The first-order chi connectivity index (χ1) is 7.38. The molecule has 0 bridgehead atoms. The molecule has 0 radical (unpaired) electrons. The highest BCUT2D eigenvalue weighted by molar-refractivity contribution is 5.45. The minimum absolute atomic E-state index is 0.594. The zero-order valence-electron chi connectivity index (χ0n) is 8.61. The summed E-state index contributed by atoms with van der Waals surface area (Å²) >= 11 is 0. The number of nitrogens with zero attached hydrogens (tertiary/aromatic N) is 3. The molecule has 1 aliphatic heterocycles. The van der Waals surface area contributed by atoms with E-state index in [0.717, 1.165) is 18.8 Å². The van der Waals surface area contributed by atoms with E-state index >= 15 is 0 Å². The van der Waals surface area contributed by atoms with E-state index in [1.165, 1.54) is 19.3 Å². The fraction of sp³-hybridized carbons (Fsp3) is 0.455. The molecule has 2 rings (SSSR count). The Morgan fingerprint density at radius 2 is 2.07 bits per heavy atom. The standard InChI is InChI=1S/C11H14N4/c12-7-10-6-11(9-13-8-10)14-15-4-2-1-3-5-15/h6,8-9,14H,1-5H2. The number of hydrogen-bond acceptors (Lipinski definition) is 4. The average molecular weight is 202 g/mol. The first-order valence-corrected chi connectivity index (χ1v) is 5.25. The first-order valence-electron chi connectivity index (χ1n) is 5.25. The highest BCUT2D eigenvalue weighted by atomic mass is 15.5. The number of aromatic nitrogens is 1. The summed E-state index contributed by atoms with van der Waals surface area (Å²) in [6.45, 7) is 2.13. The quantitative estimate of drug-likeness (QED) is 0.794. The molecule has 1 aliphatic rings. The molecule has 15 heavy (non-hydrogen) atoms. The molecule has 0 amide bonds. The van der Waals surface area contributed by atoms with E-state index in [2.05, 4.69) is 21.5 Å². The number of nitrogens with one attached hydrogen (secondary N) is 1. The van der Waals surface area contributed by atoms with Crippen molar-refractivity contribution in [1.82, 2.24) is 9.99 Å². The Hall–Kier alpha value is -1.60. The lowest BCUT2D eigenvalue weighted by molar-refractivity contribution is 0.273. The summed E-state index contributed by atoms with van der Waals surface area (Å²) in [6.07, 6.45) is 7.10. The van der Waals surface area contributed by atoms with Gasteiger partial charge in [0.2, 0.25) is 0 Å². The van der Waals surface area contributed by atoms with Crippen LogP contribution in [0.4, 0.5) is 5.69 Å². The molecule has 78 valence electrons. The molecule has 1 saturated heterocycles. The van der Waals surface area contributed by atoms with Crippen molar-refractivity contribution in [1.29, 1.82) is 5.26 Å². The van der Waals surface area contributed by atoms with Crippen LogP contribution >= 0.6 is 0 Å². The van der Waals surface area contributed by atoms with Crippen molar-refractivity contribution in [2.75, 3.05) is 18.5 Å². The lowest BCUT2D eigenvalue weighted by Gasteiger charge is -2.27. The summed E-state index contributed by atoms with van der Waals surface area (Å²) in [7, 11) is 0. The molecule has 0 saturated carbocycles. The van der Waals surface area contributed by atoms with Crippen molar-refractivity contribution in [3.05, 3.63) is 24.0 Å². The largest absolute Gasteiger partial charge is 0.317 e. The second-order valence-electron chi connectivity index (χ2n) is 3.73. The van der Waals surface area contributed by atoms with Crippen molar-refractivity contribution in [2.24, 2.45) is 0 Å². The van der Waals surface area contributed by atoms with Crippen LogP contribution in [0.5, 0.6) is 0 Å². The number of anilines is 1. The Morgan fingerprint density at radius 1 is 1.27 bits per heavy atom. The molecule has 1 aromatic rings. The Balaban J connectivity index is 2.00. The van der Waals surface area contributed by atoms with Crippen LogP contribution in [-0.2, 0) is 0 Å². The van der Waals surface area contributed by atoms with E-state index in [4.69, 9.17) is 5.26 Å². The van der Waals surface area contributed by atoms with E-state index in [1.807, 2.05) is 6.07 Å². The Bertz CT molecular complexity index is 363. The van der Waals surface area contributed by atoms with Crippen LogP contribution in [0.25, 0.3) is 0 Å². The lowest BCUT2D eigenvalue weighted by atomic mass is 10.2. The number of rotatable bonds is 2. The van der Waals surface area contributed by atoms with Gasteiger partial charge in [0.1, 0.15) is 6.07 Å². The van der Waals surface area contributed by atoms with Gasteiger partial charge in [-0.05, 0) is 18.9 Å². The maximum absolute atomic E-state index is 8.74. The Morgan fingerprint density at radius 3 is 2.80 bits per heavy atom. The number of piperidine rings is 1. The van der Waals surface area contributed by atoms with Crippen LogP contribution in [0.15, 0.2) is 18.5 Å². The Kier molecular flexibility index (Phi) is 3.15. The number of pyridine rings is 1. The fourth-order valence-corrected chi connectivity index (χ4v) is 1.75. The molecule has 4 nitrogen and oxygen atoms in total. The molecule has 0 aromatic carbocycles. The van der Waals surface area contributed by atoms with Gasteiger partial charge in [-0.15, -0.1) is 0 Å². The van der Waals surface area contributed by atoms with Gasteiger partial charge in [-0.25, -0.2) is 5.01 Å². The molecule has 0 unspecified atom stereocenters. The van der Waals surface area contributed by atoms with Gasteiger partial charge < -0.3 is 5.43 Å². The molecule has 1 aromatic heterocycles. The number of hydrazine groups is 1. The maximum Gasteiger partial charge on any atom is 0.101 e. The van der Waals surface area contributed by atoms with Gasteiger partial charge in [0.25, 0.3) is 0 Å². The smallest absolute Gasteiger partial charge is 0.101 e. The molecule has 0 atom stereocenters. The predicted octanol–water partition coefficient (Wildman–Crippen LogP) is 1.77. The molecule has 0 spiro atoms. The average Bonchev–Trinajstić information content (AvgIpc) is 2.31.